The molecule has 0 amide bonds. The number of nitrogens with zero attached hydrogens (tertiary/aromatic N) is 2. The van der Waals surface area contributed by atoms with E-state index in [0.717, 1.165) is 37.6 Å². The van der Waals surface area contributed by atoms with E-state index >= 15 is 0 Å². The number of hydrogen-bond acceptors (Lipinski definition) is 4. The number of aliphatic imine (C=N–C) groups is 1. The monoisotopic (exact) mass is 276 g/mol. The molecule has 1 aromatic rings. The summed E-state index contributed by atoms with van der Waals surface area (Å²) in [6.45, 7) is 3.58. The summed E-state index contributed by atoms with van der Waals surface area (Å²) in [7, 11) is 0. The first kappa shape index (κ1) is 11.8. The quantitative estimate of drug-likeness (QED) is 0.748. The van der Waals surface area contributed by atoms with E-state index in [1.54, 1.807) is 0 Å². The number of nitrogens with one attached hydrogen (secondary N) is 2. The molecule has 0 aromatic heterocycles. The highest BCUT2D eigenvalue weighted by molar-refractivity contribution is 6.07. The molecule has 6 heteroatoms. The first-order valence-corrected chi connectivity index (χ1v) is 6.74. The lowest BCUT2D eigenvalue weighted by Gasteiger charge is -2.41. The second-order valence-electron chi connectivity index (χ2n) is 5.19. The summed E-state index contributed by atoms with van der Waals surface area (Å²) in [5.74, 6) is -0.767. The van der Waals surface area contributed by atoms with Gasteiger partial charge in [-0.1, -0.05) is 0 Å². The Morgan fingerprint density at radius 3 is 2.60 bits per heavy atom. The predicted octanol–water partition coefficient (Wildman–Crippen LogP) is 1.23. The van der Waals surface area contributed by atoms with Crippen molar-refractivity contribution in [3.05, 3.63) is 35.5 Å². The van der Waals surface area contributed by atoms with E-state index in [2.05, 4.69) is 20.5 Å². The van der Waals surface area contributed by atoms with Crippen molar-refractivity contribution in [2.45, 2.75) is 6.04 Å². The van der Waals surface area contributed by atoms with Gasteiger partial charge in [-0.05, 0) is 6.07 Å². The Hall–Kier alpha value is -1.95. The van der Waals surface area contributed by atoms with Gasteiger partial charge in [-0.2, -0.15) is 0 Å². The Morgan fingerprint density at radius 2 is 1.90 bits per heavy atom. The Bertz CT molecular complexity index is 632. The van der Waals surface area contributed by atoms with Gasteiger partial charge >= 0.3 is 0 Å². The molecule has 1 unspecified atom stereocenters. The molecular weight excluding hydrogens is 262 g/mol. The van der Waals surface area contributed by atoms with Gasteiger partial charge < -0.3 is 15.5 Å². The molecule has 104 valence electrons. The summed E-state index contributed by atoms with van der Waals surface area (Å²) in [5.41, 5.74) is 2.19. The summed E-state index contributed by atoms with van der Waals surface area (Å²) >= 11 is 0. The number of amidine groups is 1. The number of hydrogen-bond donors (Lipinski definition) is 2. The second kappa shape index (κ2) is 4.28. The normalized spacial score (nSPS) is 23.9. The molecule has 20 heavy (non-hydrogen) atoms. The van der Waals surface area contributed by atoms with Crippen LogP contribution in [-0.4, -0.2) is 43.0 Å². The number of fused-ring (bicyclic) bond motifs is 3. The summed E-state index contributed by atoms with van der Waals surface area (Å²) < 4.78 is 26.8. The largest absolute Gasteiger partial charge is 0.377 e. The van der Waals surface area contributed by atoms with Gasteiger partial charge in [-0.25, -0.2) is 13.8 Å². The fourth-order valence-electron chi connectivity index (χ4n) is 2.89. The maximum Gasteiger partial charge on any atom is 0.161 e. The van der Waals surface area contributed by atoms with Crippen LogP contribution in [-0.2, 0) is 0 Å². The Kier molecular flexibility index (Phi) is 2.53. The zero-order valence-corrected chi connectivity index (χ0v) is 10.8. The molecule has 0 radical (unpaired) electrons. The minimum atomic E-state index is -0.849. The molecule has 3 aliphatic rings. The average molecular weight is 276 g/mol. The van der Waals surface area contributed by atoms with Gasteiger partial charge in [0, 0.05) is 49.6 Å². The van der Waals surface area contributed by atoms with Crippen LogP contribution in [0.25, 0.3) is 5.57 Å². The highest BCUT2D eigenvalue weighted by Crippen LogP contribution is 2.39. The van der Waals surface area contributed by atoms with Crippen molar-refractivity contribution in [1.82, 2.24) is 15.5 Å². The van der Waals surface area contributed by atoms with Crippen LogP contribution in [0.2, 0.25) is 0 Å². The van der Waals surface area contributed by atoms with E-state index in [9.17, 15) is 8.78 Å². The van der Waals surface area contributed by atoms with Crippen LogP contribution in [0, 0.1) is 11.6 Å². The highest BCUT2D eigenvalue weighted by atomic mass is 19.2. The fourth-order valence-corrected chi connectivity index (χ4v) is 2.89. The standard InChI is InChI=1S/C14H14F2N4/c15-10-5-8-9-7-18-13(9)14(19-12(8)6-11(10)16)20-3-1-17-2-4-20/h5-7,13,17-18H,1-4H2. The summed E-state index contributed by atoms with van der Waals surface area (Å²) in [6.07, 6.45) is 1.84. The minimum absolute atomic E-state index is 0.00506. The van der Waals surface area contributed by atoms with Crippen LogP contribution in [0.15, 0.2) is 23.3 Å². The van der Waals surface area contributed by atoms with Crippen LogP contribution in [0.4, 0.5) is 14.5 Å². The smallest absolute Gasteiger partial charge is 0.161 e. The van der Waals surface area contributed by atoms with Crippen LogP contribution < -0.4 is 10.6 Å². The molecular formula is C14H14F2N4. The van der Waals surface area contributed by atoms with Crippen molar-refractivity contribution in [3.8, 4) is 0 Å². The van der Waals surface area contributed by atoms with Gasteiger partial charge in [0.2, 0.25) is 0 Å². The number of benzene rings is 1. The lowest BCUT2D eigenvalue weighted by Crippen LogP contribution is -2.56. The van der Waals surface area contributed by atoms with E-state index in [4.69, 9.17) is 0 Å². The highest BCUT2D eigenvalue weighted by Gasteiger charge is 2.36. The third-order valence-corrected chi connectivity index (χ3v) is 4.00. The molecule has 4 nitrogen and oxygen atoms in total. The van der Waals surface area contributed by atoms with Crippen LogP contribution in [0.1, 0.15) is 5.56 Å². The van der Waals surface area contributed by atoms with E-state index in [0.29, 0.717) is 11.3 Å². The van der Waals surface area contributed by atoms with Crippen LogP contribution in [0.3, 0.4) is 0 Å². The van der Waals surface area contributed by atoms with Gasteiger partial charge in [-0.15, -0.1) is 0 Å². The van der Waals surface area contributed by atoms with Gasteiger partial charge in [0.1, 0.15) is 11.9 Å². The SMILES string of the molecule is Fc1cc2c(cc1F)C1=CNC1C(N1CCNCC1)=N2. The molecule has 3 heterocycles. The minimum Gasteiger partial charge on any atom is -0.377 e. The Balaban J connectivity index is 1.79. The van der Waals surface area contributed by atoms with Gasteiger partial charge in [0.25, 0.3) is 0 Å². The van der Waals surface area contributed by atoms with Crippen molar-refractivity contribution in [1.29, 1.82) is 0 Å². The first-order chi connectivity index (χ1) is 9.74. The molecule has 1 aromatic carbocycles. The van der Waals surface area contributed by atoms with Gasteiger partial charge in [0.05, 0.1) is 5.69 Å². The average Bonchev–Trinajstić information content (AvgIpc) is 2.42. The van der Waals surface area contributed by atoms with Crippen LogP contribution >= 0.6 is 0 Å². The molecule has 0 bridgehead atoms. The second-order valence-corrected chi connectivity index (χ2v) is 5.19. The number of piperazine rings is 1. The number of rotatable bonds is 0. The van der Waals surface area contributed by atoms with E-state index in [1.807, 2.05) is 6.20 Å². The third-order valence-electron chi connectivity index (χ3n) is 4.00. The predicted molar refractivity (Wildman–Crippen MR) is 72.8 cm³/mol. The molecule has 1 fully saturated rings. The van der Waals surface area contributed by atoms with Gasteiger partial charge in [-0.3, -0.25) is 0 Å². The molecule has 3 aliphatic heterocycles. The van der Waals surface area contributed by atoms with E-state index in [-0.39, 0.29) is 6.04 Å². The fraction of sp³-hybridized carbons (Fsp3) is 0.357. The molecule has 1 atom stereocenters. The maximum absolute atomic E-state index is 13.4. The van der Waals surface area contributed by atoms with Crippen molar-refractivity contribution >= 4 is 17.1 Å². The summed E-state index contributed by atoms with van der Waals surface area (Å²) in [5, 5.41) is 6.49. The van der Waals surface area contributed by atoms with E-state index < -0.39 is 11.6 Å². The molecule has 0 saturated carbocycles. The van der Waals surface area contributed by atoms with Crippen molar-refractivity contribution in [3.63, 3.8) is 0 Å². The third kappa shape index (κ3) is 1.64. The lowest BCUT2D eigenvalue weighted by molar-refractivity contribution is 0.347. The van der Waals surface area contributed by atoms with Crippen molar-refractivity contribution < 1.29 is 8.78 Å². The van der Waals surface area contributed by atoms with Gasteiger partial charge in [0.15, 0.2) is 11.6 Å². The maximum atomic E-state index is 13.4. The molecule has 1 saturated heterocycles. The van der Waals surface area contributed by atoms with E-state index in [1.165, 1.54) is 12.1 Å². The molecule has 2 N–H and O–H groups in total. The topological polar surface area (TPSA) is 39.7 Å². The number of halogens is 2. The first-order valence-electron chi connectivity index (χ1n) is 6.74. The molecule has 0 aliphatic carbocycles. The lowest BCUT2D eigenvalue weighted by atomic mass is 9.89. The van der Waals surface area contributed by atoms with Crippen molar-refractivity contribution in [2.24, 2.45) is 4.99 Å². The molecule has 0 spiro atoms. The summed E-state index contributed by atoms with van der Waals surface area (Å²) in [4.78, 5) is 6.76. The molecule has 4 rings (SSSR count). The zero-order chi connectivity index (χ0) is 13.7. The zero-order valence-electron chi connectivity index (χ0n) is 10.8. The van der Waals surface area contributed by atoms with Crippen LogP contribution in [0.5, 0.6) is 0 Å². The summed E-state index contributed by atoms with van der Waals surface area (Å²) in [6, 6.07) is 2.43. The van der Waals surface area contributed by atoms with Crippen molar-refractivity contribution in [2.75, 3.05) is 26.2 Å². The Labute approximate surface area is 115 Å². The Morgan fingerprint density at radius 1 is 1.15 bits per heavy atom.